The number of hydrogen-bond acceptors (Lipinski definition) is 11. The number of hydrogen-bond donors (Lipinski definition) is 3. The number of aliphatic hydroxyl groups excluding tert-OH is 2. The molecule has 0 fully saturated rings. The molecule has 2 aromatic heterocycles. The summed E-state index contributed by atoms with van der Waals surface area (Å²) in [6.45, 7) is 11.3. The molecule has 0 saturated heterocycles. The Morgan fingerprint density at radius 3 is 1.62 bits per heavy atom. The van der Waals surface area contributed by atoms with Crippen LogP contribution in [0.4, 0.5) is 11.6 Å². The summed E-state index contributed by atoms with van der Waals surface area (Å²) in [4.78, 5) is 42.4. The lowest BCUT2D eigenvalue weighted by Crippen LogP contribution is -2.36. The second kappa shape index (κ2) is 16.1. The summed E-state index contributed by atoms with van der Waals surface area (Å²) in [6, 6.07) is 3.46. The van der Waals surface area contributed by atoms with Gasteiger partial charge < -0.3 is 25.4 Å². The number of anilines is 2. The minimum Gasteiger partial charge on any atom is -0.491 e. The van der Waals surface area contributed by atoms with E-state index < -0.39 is 18.4 Å². The van der Waals surface area contributed by atoms with Gasteiger partial charge >= 0.3 is 0 Å². The first-order valence-corrected chi connectivity index (χ1v) is 13.2. The maximum Gasteiger partial charge on any atom is 0.297 e. The molecule has 2 aromatic rings. The van der Waals surface area contributed by atoms with E-state index in [1.54, 1.807) is 19.9 Å². The topological polar surface area (TPSA) is 177 Å². The largest absolute Gasteiger partial charge is 0.491 e. The van der Waals surface area contributed by atoms with Crippen molar-refractivity contribution in [2.24, 2.45) is 11.7 Å². The van der Waals surface area contributed by atoms with Gasteiger partial charge in [0.15, 0.2) is 24.0 Å². The number of rotatable bonds is 6. The summed E-state index contributed by atoms with van der Waals surface area (Å²) in [7, 11) is 2.79. The Labute approximate surface area is 252 Å². The molecule has 4 N–H and O–H groups in total. The fraction of sp³-hybridized carbons (Fsp3) is 0.500. The van der Waals surface area contributed by atoms with Gasteiger partial charge in [-0.3, -0.25) is 19.4 Å². The molecule has 14 heteroatoms. The molecule has 0 aromatic carbocycles. The van der Waals surface area contributed by atoms with E-state index in [1.165, 1.54) is 37.8 Å². The Bertz CT molecular complexity index is 1300. The number of ether oxygens (including phenoxy) is 2. The SMILES string of the molecule is C.CC(C)N.COC1=C(C)C(O)N(c2cc(CC(C)C)ncn2)C1=O.COC1=C(C)C(O)N(c2cc(Cl)ncn2)C1=O. The molecule has 0 saturated carbocycles. The number of amides is 2. The van der Waals surface area contributed by atoms with Gasteiger partial charge in [0.25, 0.3) is 11.8 Å². The summed E-state index contributed by atoms with van der Waals surface area (Å²) in [6.07, 6.45) is 1.28. The molecule has 2 unspecified atom stereocenters. The molecular weight excluding hydrogens is 566 g/mol. The lowest BCUT2D eigenvalue weighted by atomic mass is 10.1. The van der Waals surface area contributed by atoms with E-state index in [0.717, 1.165) is 17.0 Å². The molecule has 0 radical (unpaired) electrons. The molecule has 2 aliphatic rings. The standard InChI is InChI=1S/C14H19N3O3.C10H10ClN3O3.C3H9N.CH4/c1-8(2)5-10-6-11(16-7-15-10)17-13(18)9(3)12(20-4)14(17)19;1-5-8(17-2)10(16)14(9(5)15)7-3-6(11)12-4-13-7;1-3(2)4;/h6-8,13,18H,5H2,1-4H3;3-4,9,15H,1-2H3;3H,4H2,1-2H3;1H4. The van der Waals surface area contributed by atoms with Crippen LogP contribution in [0.25, 0.3) is 0 Å². The lowest BCUT2D eigenvalue weighted by Gasteiger charge is -2.20. The Kier molecular flexibility index (Phi) is 14.0. The first-order valence-electron chi connectivity index (χ1n) is 12.8. The van der Waals surface area contributed by atoms with E-state index in [1.807, 2.05) is 13.8 Å². The molecule has 0 spiro atoms. The van der Waals surface area contributed by atoms with Crippen LogP contribution in [0.5, 0.6) is 0 Å². The van der Waals surface area contributed by atoms with E-state index in [4.69, 9.17) is 26.8 Å². The number of aliphatic hydroxyl groups is 2. The molecule has 232 valence electrons. The van der Waals surface area contributed by atoms with E-state index in [0.29, 0.717) is 28.9 Å². The van der Waals surface area contributed by atoms with Gasteiger partial charge in [0.1, 0.15) is 29.4 Å². The van der Waals surface area contributed by atoms with Crippen molar-refractivity contribution >= 4 is 35.1 Å². The number of aromatic nitrogens is 4. The van der Waals surface area contributed by atoms with Crippen LogP contribution in [0.1, 0.15) is 54.7 Å². The van der Waals surface area contributed by atoms with Gasteiger partial charge in [0, 0.05) is 29.0 Å². The highest BCUT2D eigenvalue weighted by atomic mass is 35.5. The van der Waals surface area contributed by atoms with Crippen molar-refractivity contribution in [3.63, 3.8) is 0 Å². The summed E-state index contributed by atoms with van der Waals surface area (Å²) >= 11 is 5.71. The maximum atomic E-state index is 12.2. The molecule has 0 bridgehead atoms. The van der Waals surface area contributed by atoms with Crippen LogP contribution < -0.4 is 15.5 Å². The monoisotopic (exact) mass is 607 g/mol. The van der Waals surface area contributed by atoms with Crippen molar-refractivity contribution in [2.45, 2.75) is 73.9 Å². The summed E-state index contributed by atoms with van der Waals surface area (Å²) in [5, 5.41) is 20.3. The summed E-state index contributed by atoms with van der Waals surface area (Å²) in [5.41, 5.74) is 6.88. The van der Waals surface area contributed by atoms with Gasteiger partial charge in [-0.25, -0.2) is 19.9 Å². The third-order valence-electron chi connectivity index (χ3n) is 5.65. The molecular formula is C28H42ClN7O6. The van der Waals surface area contributed by atoms with Crippen molar-refractivity contribution in [3.8, 4) is 0 Å². The van der Waals surface area contributed by atoms with Gasteiger partial charge in [-0.15, -0.1) is 0 Å². The number of halogens is 1. The predicted octanol–water partition coefficient (Wildman–Crippen LogP) is 2.97. The van der Waals surface area contributed by atoms with Crippen molar-refractivity contribution in [2.75, 3.05) is 24.0 Å². The highest BCUT2D eigenvalue weighted by Crippen LogP contribution is 2.30. The van der Waals surface area contributed by atoms with Crippen LogP contribution in [0.2, 0.25) is 5.15 Å². The Morgan fingerprint density at radius 2 is 1.26 bits per heavy atom. The molecule has 0 aliphatic carbocycles. The number of carbonyl (C=O) groups excluding carboxylic acids is 2. The van der Waals surface area contributed by atoms with Crippen LogP contribution >= 0.6 is 11.6 Å². The van der Waals surface area contributed by atoms with Gasteiger partial charge in [-0.2, -0.15) is 0 Å². The third kappa shape index (κ3) is 8.68. The fourth-order valence-corrected chi connectivity index (χ4v) is 4.00. The van der Waals surface area contributed by atoms with Crippen LogP contribution in [-0.4, -0.2) is 74.7 Å². The lowest BCUT2D eigenvalue weighted by molar-refractivity contribution is -0.118. The second-order valence-electron chi connectivity index (χ2n) is 9.94. The summed E-state index contributed by atoms with van der Waals surface area (Å²) in [5.74, 6) is 0.521. The maximum absolute atomic E-state index is 12.2. The Hall–Kier alpha value is -3.65. The number of methoxy groups -OCH3 is 2. The molecule has 2 aliphatic heterocycles. The first kappa shape index (κ1) is 36.4. The molecule has 42 heavy (non-hydrogen) atoms. The third-order valence-corrected chi connectivity index (χ3v) is 5.86. The molecule has 4 rings (SSSR count). The predicted molar refractivity (Wildman–Crippen MR) is 160 cm³/mol. The number of nitrogens with zero attached hydrogens (tertiary/aromatic N) is 6. The molecule has 4 heterocycles. The van der Waals surface area contributed by atoms with Crippen molar-refractivity contribution in [1.82, 2.24) is 19.9 Å². The first-order chi connectivity index (χ1) is 19.2. The van der Waals surface area contributed by atoms with Crippen molar-refractivity contribution < 1.29 is 29.3 Å². The average Bonchev–Trinajstić information content (AvgIpc) is 3.24. The zero-order chi connectivity index (χ0) is 31.0. The Balaban J connectivity index is 0.000000368. The summed E-state index contributed by atoms with van der Waals surface area (Å²) < 4.78 is 9.98. The van der Waals surface area contributed by atoms with E-state index in [-0.39, 0.29) is 35.8 Å². The van der Waals surface area contributed by atoms with Crippen molar-refractivity contribution in [3.05, 3.63) is 58.3 Å². The van der Waals surface area contributed by atoms with Gasteiger partial charge in [0.2, 0.25) is 0 Å². The van der Waals surface area contributed by atoms with Crippen LogP contribution in [0.15, 0.2) is 47.5 Å². The Morgan fingerprint density at radius 1 is 0.857 bits per heavy atom. The van der Waals surface area contributed by atoms with Crippen LogP contribution in [-0.2, 0) is 25.5 Å². The normalized spacial score (nSPS) is 18.1. The van der Waals surface area contributed by atoms with Crippen LogP contribution in [0, 0.1) is 5.92 Å². The zero-order valence-electron chi connectivity index (χ0n) is 24.5. The van der Waals surface area contributed by atoms with Gasteiger partial charge in [-0.1, -0.05) is 46.7 Å². The highest BCUT2D eigenvalue weighted by Gasteiger charge is 2.40. The van der Waals surface area contributed by atoms with E-state index in [9.17, 15) is 19.8 Å². The fourth-order valence-electron chi connectivity index (χ4n) is 3.86. The quantitative estimate of drug-likeness (QED) is 0.411. The molecule has 2 atom stereocenters. The van der Waals surface area contributed by atoms with E-state index >= 15 is 0 Å². The zero-order valence-corrected chi connectivity index (χ0v) is 25.2. The van der Waals surface area contributed by atoms with Crippen LogP contribution in [0.3, 0.4) is 0 Å². The highest BCUT2D eigenvalue weighted by molar-refractivity contribution is 6.29. The number of carbonyl (C=O) groups is 2. The van der Waals surface area contributed by atoms with Crippen molar-refractivity contribution in [1.29, 1.82) is 0 Å². The minimum atomic E-state index is -1.09. The molecule has 2 amide bonds. The number of nitrogens with two attached hydrogens (primary N) is 1. The second-order valence-corrected chi connectivity index (χ2v) is 10.3. The molecule has 13 nitrogen and oxygen atoms in total. The minimum absolute atomic E-state index is 0. The average molecular weight is 608 g/mol. The van der Waals surface area contributed by atoms with Gasteiger partial charge in [0.05, 0.1) is 14.2 Å². The van der Waals surface area contributed by atoms with Gasteiger partial charge in [-0.05, 0) is 32.2 Å². The van der Waals surface area contributed by atoms with E-state index in [2.05, 4.69) is 33.8 Å². The smallest absolute Gasteiger partial charge is 0.297 e.